The normalized spacial score (nSPS) is 11.4. The van der Waals surface area contributed by atoms with Gasteiger partial charge in [-0.3, -0.25) is 0 Å². The SMILES string of the molecule is c1ccc(-c2ccc(N(c3ccc(-c4ccc5c(c4)c4ccc6ccccc6c4n5-c4ccc(-c5ccccc5)cc4)cc3)c3cccc4ccccc34)cc2)cc1. The van der Waals surface area contributed by atoms with E-state index in [4.69, 9.17) is 0 Å². The minimum Gasteiger partial charge on any atom is -0.310 e. The van der Waals surface area contributed by atoms with Gasteiger partial charge in [-0.15, -0.1) is 0 Å². The quantitative estimate of drug-likeness (QED) is 0.158. The first kappa shape index (κ1) is 33.6. The number of anilines is 3. The van der Waals surface area contributed by atoms with E-state index in [1.54, 1.807) is 0 Å². The summed E-state index contributed by atoms with van der Waals surface area (Å²) >= 11 is 0. The molecule has 11 rings (SSSR count). The van der Waals surface area contributed by atoms with Crippen LogP contribution in [-0.2, 0) is 0 Å². The van der Waals surface area contributed by atoms with E-state index in [-0.39, 0.29) is 0 Å². The number of hydrogen-bond acceptors (Lipinski definition) is 1. The second kappa shape index (κ2) is 14.1. The second-order valence-electron chi connectivity index (χ2n) is 15.0. The van der Waals surface area contributed by atoms with E-state index in [2.05, 4.69) is 240 Å². The summed E-state index contributed by atoms with van der Waals surface area (Å²) in [6.07, 6.45) is 0. The molecule has 0 radical (unpaired) electrons. The highest BCUT2D eigenvalue weighted by atomic mass is 15.1. The van der Waals surface area contributed by atoms with Gasteiger partial charge in [0.15, 0.2) is 0 Å². The predicted octanol–water partition coefficient (Wildman–Crippen LogP) is 15.6. The molecule has 0 amide bonds. The Labute approximate surface area is 338 Å². The molecule has 0 bridgehead atoms. The van der Waals surface area contributed by atoms with Gasteiger partial charge in [0.25, 0.3) is 0 Å². The molecule has 0 N–H and O–H groups in total. The largest absolute Gasteiger partial charge is 0.310 e. The van der Waals surface area contributed by atoms with Crippen LogP contribution in [0.15, 0.2) is 231 Å². The van der Waals surface area contributed by atoms with Gasteiger partial charge in [0.2, 0.25) is 0 Å². The lowest BCUT2D eigenvalue weighted by molar-refractivity contribution is 1.19. The Hall–Kier alpha value is -7.68. The summed E-state index contributed by atoms with van der Waals surface area (Å²) in [7, 11) is 0. The highest BCUT2D eigenvalue weighted by Crippen LogP contribution is 2.42. The molecule has 272 valence electrons. The fourth-order valence-corrected chi connectivity index (χ4v) is 8.73. The van der Waals surface area contributed by atoms with Gasteiger partial charge in [-0.1, -0.05) is 176 Å². The van der Waals surface area contributed by atoms with E-state index in [9.17, 15) is 0 Å². The van der Waals surface area contributed by atoms with Crippen molar-refractivity contribution >= 4 is 60.4 Å². The van der Waals surface area contributed by atoms with E-state index < -0.39 is 0 Å². The van der Waals surface area contributed by atoms with Crippen molar-refractivity contribution in [2.75, 3.05) is 4.90 Å². The molecule has 0 aliphatic heterocycles. The smallest absolute Gasteiger partial charge is 0.0619 e. The van der Waals surface area contributed by atoms with Crippen LogP contribution in [0.25, 0.3) is 82.4 Å². The lowest BCUT2D eigenvalue weighted by atomic mass is 10.0. The first-order chi connectivity index (χ1) is 28.8. The van der Waals surface area contributed by atoms with Crippen molar-refractivity contribution in [3.05, 3.63) is 231 Å². The number of nitrogens with zero attached hydrogens (tertiary/aromatic N) is 2. The summed E-state index contributed by atoms with van der Waals surface area (Å²) in [5.41, 5.74) is 14.2. The summed E-state index contributed by atoms with van der Waals surface area (Å²) in [4.78, 5) is 2.38. The van der Waals surface area contributed by atoms with Gasteiger partial charge in [0, 0.05) is 38.6 Å². The van der Waals surface area contributed by atoms with Crippen LogP contribution in [0.4, 0.5) is 17.1 Å². The highest BCUT2D eigenvalue weighted by Gasteiger charge is 2.18. The van der Waals surface area contributed by atoms with Crippen LogP contribution < -0.4 is 4.90 Å². The third-order valence-corrected chi connectivity index (χ3v) is 11.6. The van der Waals surface area contributed by atoms with Crippen molar-refractivity contribution in [1.29, 1.82) is 0 Å². The van der Waals surface area contributed by atoms with Crippen molar-refractivity contribution in [3.8, 4) is 39.1 Å². The summed E-state index contributed by atoms with van der Waals surface area (Å²) < 4.78 is 2.44. The third kappa shape index (κ3) is 5.82. The lowest BCUT2D eigenvalue weighted by Crippen LogP contribution is -2.10. The van der Waals surface area contributed by atoms with E-state index in [0.29, 0.717) is 0 Å². The molecule has 0 unspecified atom stereocenters. The minimum absolute atomic E-state index is 1.11. The van der Waals surface area contributed by atoms with Crippen molar-refractivity contribution in [1.82, 2.24) is 4.57 Å². The maximum Gasteiger partial charge on any atom is 0.0619 e. The zero-order valence-corrected chi connectivity index (χ0v) is 31.8. The van der Waals surface area contributed by atoms with Crippen LogP contribution in [0, 0.1) is 0 Å². The molecule has 0 fully saturated rings. The topological polar surface area (TPSA) is 8.17 Å². The van der Waals surface area contributed by atoms with Gasteiger partial charge in [0.05, 0.1) is 16.7 Å². The van der Waals surface area contributed by atoms with Crippen LogP contribution >= 0.6 is 0 Å². The van der Waals surface area contributed by atoms with E-state index in [0.717, 1.165) is 22.7 Å². The molecule has 2 heteroatoms. The van der Waals surface area contributed by atoms with Gasteiger partial charge in [-0.05, 0) is 98.8 Å². The Morgan fingerprint density at radius 3 is 1.41 bits per heavy atom. The number of hydrogen-bond donors (Lipinski definition) is 0. The Kier molecular flexibility index (Phi) is 8.19. The zero-order valence-electron chi connectivity index (χ0n) is 31.8. The average Bonchev–Trinajstić information content (AvgIpc) is 3.64. The molecule has 0 saturated carbocycles. The third-order valence-electron chi connectivity index (χ3n) is 11.6. The molecule has 0 aliphatic rings. The summed E-state index contributed by atoms with van der Waals surface area (Å²) in [5.74, 6) is 0. The molecule has 10 aromatic carbocycles. The van der Waals surface area contributed by atoms with Gasteiger partial charge in [0.1, 0.15) is 0 Å². The highest BCUT2D eigenvalue weighted by molar-refractivity contribution is 6.19. The molecule has 0 saturated heterocycles. The predicted molar refractivity (Wildman–Crippen MR) is 247 cm³/mol. The molecule has 0 spiro atoms. The maximum atomic E-state index is 2.44. The number of aromatic nitrogens is 1. The monoisotopic (exact) mass is 738 g/mol. The molecule has 1 aromatic heterocycles. The molecular weight excluding hydrogens is 701 g/mol. The van der Waals surface area contributed by atoms with Crippen LogP contribution in [0.3, 0.4) is 0 Å². The zero-order chi connectivity index (χ0) is 38.4. The Morgan fingerprint density at radius 2 is 0.776 bits per heavy atom. The summed E-state index contributed by atoms with van der Waals surface area (Å²) in [5, 5.41) is 7.41. The first-order valence-corrected chi connectivity index (χ1v) is 19.9. The van der Waals surface area contributed by atoms with Gasteiger partial charge >= 0.3 is 0 Å². The Bertz CT molecular complexity index is 3230. The molecule has 2 nitrogen and oxygen atoms in total. The average molecular weight is 739 g/mol. The van der Waals surface area contributed by atoms with E-state index in [1.165, 1.54) is 76.7 Å². The molecule has 1 heterocycles. The van der Waals surface area contributed by atoms with Gasteiger partial charge in [-0.25, -0.2) is 0 Å². The molecule has 58 heavy (non-hydrogen) atoms. The number of benzene rings is 10. The van der Waals surface area contributed by atoms with Gasteiger partial charge < -0.3 is 9.47 Å². The lowest BCUT2D eigenvalue weighted by Gasteiger charge is -2.27. The molecule has 0 aliphatic carbocycles. The fourth-order valence-electron chi connectivity index (χ4n) is 8.73. The summed E-state index contributed by atoms with van der Waals surface area (Å²) in [6, 6.07) is 83.6. The number of rotatable bonds is 7. The van der Waals surface area contributed by atoms with Crippen molar-refractivity contribution in [3.63, 3.8) is 0 Å². The maximum absolute atomic E-state index is 2.44. The fraction of sp³-hybridized carbons (Fsp3) is 0. The van der Waals surface area contributed by atoms with E-state index >= 15 is 0 Å². The van der Waals surface area contributed by atoms with Crippen LogP contribution in [0.5, 0.6) is 0 Å². The van der Waals surface area contributed by atoms with Crippen LogP contribution in [0.2, 0.25) is 0 Å². The minimum atomic E-state index is 1.11. The number of fused-ring (bicyclic) bond motifs is 6. The first-order valence-electron chi connectivity index (χ1n) is 19.9. The van der Waals surface area contributed by atoms with Crippen molar-refractivity contribution in [2.45, 2.75) is 0 Å². The molecular formula is C56H38N2. The summed E-state index contributed by atoms with van der Waals surface area (Å²) in [6.45, 7) is 0. The van der Waals surface area contributed by atoms with Crippen molar-refractivity contribution < 1.29 is 0 Å². The van der Waals surface area contributed by atoms with E-state index in [1.807, 2.05) is 0 Å². The standard InChI is InChI=1S/C56H38N2/c1-3-12-39(13-4-1)41-22-30-47(31-23-41)57(54-21-11-18-44-16-7-9-19-50(44)54)48-32-26-43(27-33-48)46-29-37-55-53(38-46)52-36-28-45-17-8-10-20-51(45)56(52)58(55)49-34-24-42(25-35-49)40-14-5-2-6-15-40/h1-38H. The van der Waals surface area contributed by atoms with Gasteiger partial charge in [-0.2, -0.15) is 0 Å². The molecule has 11 aromatic rings. The second-order valence-corrected chi connectivity index (χ2v) is 15.0. The Morgan fingerprint density at radius 1 is 0.293 bits per heavy atom. The Balaban J connectivity index is 1.02. The van der Waals surface area contributed by atoms with Crippen LogP contribution in [-0.4, -0.2) is 4.57 Å². The van der Waals surface area contributed by atoms with Crippen molar-refractivity contribution in [2.24, 2.45) is 0 Å². The van der Waals surface area contributed by atoms with Crippen LogP contribution in [0.1, 0.15) is 0 Å². The molecule has 0 atom stereocenters.